The largest absolute Gasteiger partial charge is 0.418 e. The molecule has 3 amide bonds. The molecule has 0 aliphatic carbocycles. The number of para-hydroxylation sites is 1. The summed E-state index contributed by atoms with van der Waals surface area (Å²) in [7, 11) is 0. The summed E-state index contributed by atoms with van der Waals surface area (Å²) in [6.07, 6.45) is -4.61. The van der Waals surface area contributed by atoms with Gasteiger partial charge in [-0.25, -0.2) is 0 Å². The van der Waals surface area contributed by atoms with E-state index in [2.05, 4.69) is 10.6 Å². The Labute approximate surface area is 127 Å². The van der Waals surface area contributed by atoms with Crippen LogP contribution in [0, 0.1) is 0 Å². The van der Waals surface area contributed by atoms with E-state index in [1.165, 1.54) is 12.1 Å². The smallest absolute Gasteiger partial charge is 0.325 e. The maximum absolute atomic E-state index is 12.8. The summed E-state index contributed by atoms with van der Waals surface area (Å²) in [4.78, 5) is 34.0. The van der Waals surface area contributed by atoms with Crippen LogP contribution in [0.15, 0.2) is 24.3 Å². The average molecular weight is 332 g/mol. The highest BCUT2D eigenvalue weighted by molar-refractivity contribution is 8.01. The van der Waals surface area contributed by atoms with Gasteiger partial charge in [0.25, 0.3) is 0 Å². The summed E-state index contributed by atoms with van der Waals surface area (Å²) in [5.74, 6) is -1.81. The normalized spacial score (nSPS) is 18.2. The first-order chi connectivity index (χ1) is 10.3. The summed E-state index contributed by atoms with van der Waals surface area (Å²) in [5, 5.41) is 3.58. The van der Waals surface area contributed by atoms with Gasteiger partial charge in [-0.15, -0.1) is 11.8 Å². The third-order valence-electron chi connectivity index (χ3n) is 2.85. The standard InChI is InChI=1S/C13H11F3N2O3S/c14-13(15,16)7-3-1-2-4-8(7)17-11(20)6-22-9-5-10(19)18-12(9)21/h1-4,9H,5-6H2,(H,17,20)(H,18,19,21). The first-order valence-corrected chi connectivity index (χ1v) is 7.23. The fourth-order valence-electron chi connectivity index (χ4n) is 1.87. The molecule has 5 nitrogen and oxygen atoms in total. The highest BCUT2D eigenvalue weighted by Gasteiger charge is 2.34. The molecule has 0 spiro atoms. The van der Waals surface area contributed by atoms with Crippen LogP contribution in [0.25, 0.3) is 0 Å². The predicted octanol–water partition coefficient (Wildman–Crippen LogP) is 1.79. The van der Waals surface area contributed by atoms with Crippen molar-refractivity contribution in [3.8, 4) is 0 Å². The molecule has 1 fully saturated rings. The lowest BCUT2D eigenvalue weighted by molar-refractivity contribution is -0.137. The van der Waals surface area contributed by atoms with Crippen LogP contribution in [-0.2, 0) is 20.6 Å². The minimum Gasteiger partial charge on any atom is -0.325 e. The molecular weight excluding hydrogens is 321 g/mol. The van der Waals surface area contributed by atoms with E-state index in [1.54, 1.807) is 0 Å². The molecule has 1 saturated heterocycles. The topological polar surface area (TPSA) is 75.3 Å². The molecule has 1 unspecified atom stereocenters. The molecule has 0 bridgehead atoms. The molecule has 1 aromatic carbocycles. The highest BCUT2D eigenvalue weighted by Crippen LogP contribution is 2.34. The van der Waals surface area contributed by atoms with Crippen molar-refractivity contribution in [1.82, 2.24) is 5.32 Å². The predicted molar refractivity (Wildman–Crippen MR) is 74.1 cm³/mol. The Morgan fingerprint density at radius 1 is 1.32 bits per heavy atom. The molecule has 1 aromatic rings. The molecule has 2 rings (SSSR count). The lowest BCUT2D eigenvalue weighted by Gasteiger charge is -2.13. The number of amides is 3. The molecule has 0 saturated carbocycles. The lowest BCUT2D eigenvalue weighted by Crippen LogP contribution is -2.24. The second-order valence-corrected chi connectivity index (χ2v) is 5.70. The van der Waals surface area contributed by atoms with E-state index in [4.69, 9.17) is 0 Å². The van der Waals surface area contributed by atoms with Crippen LogP contribution >= 0.6 is 11.8 Å². The molecule has 9 heteroatoms. The van der Waals surface area contributed by atoms with Crippen LogP contribution in [0.4, 0.5) is 18.9 Å². The zero-order valence-electron chi connectivity index (χ0n) is 11.1. The third-order valence-corrected chi connectivity index (χ3v) is 4.06. The number of alkyl halides is 3. The summed E-state index contributed by atoms with van der Waals surface area (Å²) < 4.78 is 38.3. The molecule has 1 aliphatic rings. The van der Waals surface area contributed by atoms with Gasteiger partial charge in [-0.1, -0.05) is 12.1 Å². The number of benzene rings is 1. The second kappa shape index (κ2) is 6.39. The van der Waals surface area contributed by atoms with Crippen LogP contribution in [-0.4, -0.2) is 28.7 Å². The summed E-state index contributed by atoms with van der Waals surface area (Å²) in [6.45, 7) is 0. The Morgan fingerprint density at radius 2 is 2.00 bits per heavy atom. The number of nitrogens with one attached hydrogen (secondary N) is 2. The van der Waals surface area contributed by atoms with Gasteiger partial charge in [-0.05, 0) is 12.1 Å². The Kier molecular flexibility index (Phi) is 4.74. The summed E-state index contributed by atoms with van der Waals surface area (Å²) in [5.41, 5.74) is -1.28. The molecule has 2 N–H and O–H groups in total. The van der Waals surface area contributed by atoms with Crippen LogP contribution in [0.5, 0.6) is 0 Å². The quantitative estimate of drug-likeness (QED) is 0.825. The number of hydrogen-bond acceptors (Lipinski definition) is 4. The number of hydrogen-bond donors (Lipinski definition) is 2. The fraction of sp³-hybridized carbons (Fsp3) is 0.308. The first kappa shape index (κ1) is 16.3. The second-order valence-electron chi connectivity index (χ2n) is 4.51. The van der Waals surface area contributed by atoms with Crippen LogP contribution in [0.3, 0.4) is 0 Å². The minimum absolute atomic E-state index is 0.0318. The monoisotopic (exact) mass is 332 g/mol. The van der Waals surface area contributed by atoms with E-state index in [0.717, 1.165) is 23.9 Å². The molecule has 1 atom stereocenters. The van der Waals surface area contributed by atoms with Gasteiger partial charge in [0.1, 0.15) is 0 Å². The van der Waals surface area contributed by atoms with Gasteiger partial charge < -0.3 is 5.32 Å². The van der Waals surface area contributed by atoms with Gasteiger partial charge >= 0.3 is 6.18 Å². The number of halogens is 3. The Hall–Kier alpha value is -2.03. The van der Waals surface area contributed by atoms with Crippen molar-refractivity contribution >= 4 is 35.2 Å². The van der Waals surface area contributed by atoms with Gasteiger partial charge in [-0.3, -0.25) is 19.7 Å². The van der Waals surface area contributed by atoms with E-state index < -0.39 is 34.7 Å². The van der Waals surface area contributed by atoms with Gasteiger partial charge in [0, 0.05) is 6.42 Å². The van der Waals surface area contributed by atoms with E-state index in [-0.39, 0.29) is 17.9 Å². The number of rotatable bonds is 4. The van der Waals surface area contributed by atoms with E-state index in [0.29, 0.717) is 0 Å². The van der Waals surface area contributed by atoms with E-state index >= 15 is 0 Å². The molecule has 1 heterocycles. The van der Waals surface area contributed by atoms with Crippen LogP contribution in [0.2, 0.25) is 0 Å². The maximum atomic E-state index is 12.8. The van der Waals surface area contributed by atoms with Crippen molar-refractivity contribution < 1.29 is 27.6 Å². The number of carbonyl (C=O) groups excluding carboxylic acids is 3. The lowest BCUT2D eigenvalue weighted by atomic mass is 10.1. The zero-order chi connectivity index (χ0) is 16.3. The molecule has 0 radical (unpaired) electrons. The highest BCUT2D eigenvalue weighted by atomic mass is 32.2. The maximum Gasteiger partial charge on any atom is 0.418 e. The number of imide groups is 1. The van der Waals surface area contributed by atoms with E-state index in [9.17, 15) is 27.6 Å². The Morgan fingerprint density at radius 3 is 2.59 bits per heavy atom. The van der Waals surface area contributed by atoms with Crippen molar-refractivity contribution in [2.24, 2.45) is 0 Å². The van der Waals surface area contributed by atoms with Gasteiger partial charge in [0.05, 0.1) is 22.3 Å². The van der Waals surface area contributed by atoms with Crippen molar-refractivity contribution in [3.05, 3.63) is 29.8 Å². The third kappa shape index (κ3) is 4.00. The molecule has 1 aliphatic heterocycles. The van der Waals surface area contributed by atoms with Crippen LogP contribution in [0.1, 0.15) is 12.0 Å². The zero-order valence-corrected chi connectivity index (χ0v) is 11.9. The van der Waals surface area contributed by atoms with Crippen LogP contribution < -0.4 is 10.6 Å². The summed E-state index contributed by atoms with van der Waals surface area (Å²) in [6, 6.07) is 4.62. The first-order valence-electron chi connectivity index (χ1n) is 6.19. The van der Waals surface area contributed by atoms with Crippen molar-refractivity contribution in [3.63, 3.8) is 0 Å². The fourth-order valence-corrected chi connectivity index (χ4v) is 2.77. The van der Waals surface area contributed by atoms with Gasteiger partial charge in [-0.2, -0.15) is 13.2 Å². The molecule has 22 heavy (non-hydrogen) atoms. The summed E-state index contributed by atoms with van der Waals surface area (Å²) >= 11 is 0.910. The van der Waals surface area contributed by atoms with Crippen molar-refractivity contribution in [1.29, 1.82) is 0 Å². The molecule has 0 aromatic heterocycles. The Bertz CT molecular complexity index is 619. The minimum atomic E-state index is -4.57. The van der Waals surface area contributed by atoms with E-state index in [1.807, 2.05) is 0 Å². The Balaban J connectivity index is 1.96. The molecule has 118 valence electrons. The van der Waals surface area contributed by atoms with Gasteiger partial charge in [0.2, 0.25) is 17.7 Å². The number of anilines is 1. The average Bonchev–Trinajstić information content (AvgIpc) is 2.74. The number of carbonyl (C=O) groups is 3. The SMILES string of the molecule is O=C1CC(SCC(=O)Nc2ccccc2C(F)(F)F)C(=O)N1. The van der Waals surface area contributed by atoms with Crippen molar-refractivity contribution in [2.75, 3.05) is 11.1 Å². The number of thioether (sulfide) groups is 1. The van der Waals surface area contributed by atoms with Crippen molar-refractivity contribution in [2.45, 2.75) is 17.8 Å². The molecular formula is C13H11F3N2O3S. The van der Waals surface area contributed by atoms with Gasteiger partial charge in [0.15, 0.2) is 0 Å².